The van der Waals surface area contributed by atoms with Gasteiger partial charge in [-0.15, -0.1) is 0 Å². The zero-order valence-corrected chi connectivity index (χ0v) is 15.5. The van der Waals surface area contributed by atoms with Crippen molar-refractivity contribution in [2.45, 2.75) is 46.4 Å². The SMILES string of the molecule is CCN1Cc2nc(OC)c(CNC(=O)C3CC(C(C)C)=NO3)cc2C1=O. The molecule has 8 nitrogen and oxygen atoms in total. The molecule has 0 aromatic carbocycles. The smallest absolute Gasteiger partial charge is 0.264 e. The summed E-state index contributed by atoms with van der Waals surface area (Å²) in [5.41, 5.74) is 2.82. The van der Waals surface area contributed by atoms with Crippen molar-refractivity contribution in [1.29, 1.82) is 0 Å². The minimum atomic E-state index is -0.613. The molecule has 3 rings (SSSR count). The minimum absolute atomic E-state index is 0.0423. The van der Waals surface area contributed by atoms with Gasteiger partial charge < -0.3 is 19.8 Å². The van der Waals surface area contributed by atoms with E-state index in [4.69, 9.17) is 9.57 Å². The molecule has 140 valence electrons. The molecule has 0 saturated carbocycles. The first-order valence-electron chi connectivity index (χ1n) is 8.80. The average Bonchev–Trinajstić information content (AvgIpc) is 3.24. The lowest BCUT2D eigenvalue weighted by molar-refractivity contribution is -0.131. The number of nitrogens with one attached hydrogen (secondary N) is 1. The Kier molecular flexibility index (Phi) is 5.11. The van der Waals surface area contributed by atoms with Crippen LogP contribution < -0.4 is 10.1 Å². The Morgan fingerprint density at radius 1 is 1.50 bits per heavy atom. The Morgan fingerprint density at radius 2 is 2.27 bits per heavy atom. The number of oxime groups is 1. The number of methoxy groups -OCH3 is 1. The van der Waals surface area contributed by atoms with Gasteiger partial charge in [-0.3, -0.25) is 9.59 Å². The van der Waals surface area contributed by atoms with Crippen LogP contribution in [-0.4, -0.2) is 47.2 Å². The van der Waals surface area contributed by atoms with Gasteiger partial charge in [0.05, 0.1) is 30.6 Å². The van der Waals surface area contributed by atoms with E-state index in [2.05, 4.69) is 15.5 Å². The van der Waals surface area contributed by atoms with Gasteiger partial charge in [0.25, 0.3) is 11.8 Å². The first-order valence-corrected chi connectivity index (χ1v) is 8.80. The summed E-state index contributed by atoms with van der Waals surface area (Å²) >= 11 is 0. The average molecular weight is 360 g/mol. The van der Waals surface area contributed by atoms with E-state index < -0.39 is 6.10 Å². The monoisotopic (exact) mass is 360 g/mol. The van der Waals surface area contributed by atoms with Crippen molar-refractivity contribution in [3.63, 3.8) is 0 Å². The summed E-state index contributed by atoms with van der Waals surface area (Å²) in [4.78, 5) is 36.1. The van der Waals surface area contributed by atoms with Crippen LogP contribution in [0.3, 0.4) is 0 Å². The third kappa shape index (κ3) is 3.36. The maximum absolute atomic E-state index is 12.3. The van der Waals surface area contributed by atoms with Crippen LogP contribution in [0.5, 0.6) is 5.88 Å². The number of carbonyl (C=O) groups excluding carboxylic acids is 2. The number of rotatable bonds is 6. The Morgan fingerprint density at radius 3 is 2.88 bits per heavy atom. The summed E-state index contributed by atoms with van der Waals surface area (Å²) in [7, 11) is 1.53. The first kappa shape index (κ1) is 18.2. The Labute approximate surface area is 152 Å². The minimum Gasteiger partial charge on any atom is -0.481 e. The summed E-state index contributed by atoms with van der Waals surface area (Å²) < 4.78 is 5.33. The Bertz CT molecular complexity index is 760. The molecule has 2 aliphatic rings. The second-order valence-corrected chi connectivity index (χ2v) is 6.72. The summed E-state index contributed by atoms with van der Waals surface area (Å²) in [6.07, 6.45) is -0.120. The first-order chi connectivity index (χ1) is 12.4. The molecule has 0 spiro atoms. The molecule has 1 N–H and O–H groups in total. The van der Waals surface area contributed by atoms with Gasteiger partial charge >= 0.3 is 0 Å². The molecule has 3 heterocycles. The molecular weight excluding hydrogens is 336 g/mol. The lowest BCUT2D eigenvalue weighted by atomic mass is 10.0. The number of amides is 2. The van der Waals surface area contributed by atoms with Gasteiger partial charge in [-0.1, -0.05) is 19.0 Å². The number of hydrogen-bond donors (Lipinski definition) is 1. The van der Waals surface area contributed by atoms with E-state index in [1.54, 1.807) is 11.0 Å². The molecule has 1 atom stereocenters. The lowest BCUT2D eigenvalue weighted by Gasteiger charge is -2.12. The number of ether oxygens (including phenoxy) is 1. The molecule has 1 aromatic rings. The quantitative estimate of drug-likeness (QED) is 0.829. The molecule has 1 unspecified atom stereocenters. The van der Waals surface area contributed by atoms with Crippen molar-refractivity contribution in [2.24, 2.45) is 11.1 Å². The summed E-state index contributed by atoms with van der Waals surface area (Å²) in [6.45, 7) is 7.27. The number of carbonyl (C=O) groups is 2. The van der Waals surface area contributed by atoms with E-state index in [1.807, 2.05) is 20.8 Å². The van der Waals surface area contributed by atoms with Crippen LogP contribution in [0.4, 0.5) is 0 Å². The number of aromatic nitrogens is 1. The molecular formula is C18H24N4O4. The van der Waals surface area contributed by atoms with E-state index >= 15 is 0 Å². The molecule has 0 fully saturated rings. The lowest BCUT2D eigenvalue weighted by Crippen LogP contribution is -2.34. The molecule has 2 amide bonds. The van der Waals surface area contributed by atoms with Crippen molar-refractivity contribution in [1.82, 2.24) is 15.2 Å². The molecule has 8 heteroatoms. The maximum Gasteiger partial charge on any atom is 0.264 e. The van der Waals surface area contributed by atoms with E-state index in [9.17, 15) is 9.59 Å². The van der Waals surface area contributed by atoms with Gasteiger partial charge in [0.15, 0.2) is 0 Å². The molecule has 0 bridgehead atoms. The van der Waals surface area contributed by atoms with Crippen molar-refractivity contribution < 1.29 is 19.2 Å². The third-order valence-electron chi connectivity index (χ3n) is 4.68. The fraction of sp³-hybridized carbons (Fsp3) is 0.556. The highest BCUT2D eigenvalue weighted by molar-refractivity contribution is 5.98. The predicted octanol–water partition coefficient (Wildman–Crippen LogP) is 1.48. The van der Waals surface area contributed by atoms with Gasteiger partial charge in [-0.05, 0) is 18.9 Å². The zero-order chi connectivity index (χ0) is 18.8. The van der Waals surface area contributed by atoms with Crippen molar-refractivity contribution in [3.8, 4) is 5.88 Å². The van der Waals surface area contributed by atoms with Crippen LogP contribution in [0.1, 0.15) is 48.8 Å². The highest BCUT2D eigenvalue weighted by atomic mass is 16.6. The molecule has 1 aromatic heterocycles. The van der Waals surface area contributed by atoms with E-state index in [0.29, 0.717) is 42.2 Å². The van der Waals surface area contributed by atoms with Crippen LogP contribution in [0.2, 0.25) is 0 Å². The fourth-order valence-corrected chi connectivity index (χ4v) is 3.03. The van der Waals surface area contributed by atoms with Crippen molar-refractivity contribution in [2.75, 3.05) is 13.7 Å². The highest BCUT2D eigenvalue weighted by Gasteiger charge is 2.31. The third-order valence-corrected chi connectivity index (χ3v) is 4.68. The molecule has 0 radical (unpaired) electrons. The summed E-state index contributed by atoms with van der Waals surface area (Å²) in [6, 6.07) is 1.75. The highest BCUT2D eigenvalue weighted by Crippen LogP contribution is 2.27. The van der Waals surface area contributed by atoms with Crippen LogP contribution in [-0.2, 0) is 22.7 Å². The van der Waals surface area contributed by atoms with Gasteiger partial charge in [-0.25, -0.2) is 4.98 Å². The zero-order valence-electron chi connectivity index (χ0n) is 15.5. The number of hydrogen-bond acceptors (Lipinski definition) is 6. The van der Waals surface area contributed by atoms with Crippen LogP contribution in [0.15, 0.2) is 11.2 Å². The number of nitrogens with zero attached hydrogens (tertiary/aromatic N) is 3. The maximum atomic E-state index is 12.3. The topological polar surface area (TPSA) is 93.1 Å². The van der Waals surface area contributed by atoms with E-state index in [1.165, 1.54) is 7.11 Å². The second-order valence-electron chi connectivity index (χ2n) is 6.72. The van der Waals surface area contributed by atoms with Crippen molar-refractivity contribution in [3.05, 3.63) is 22.9 Å². The normalized spacial score (nSPS) is 18.7. The fourth-order valence-electron chi connectivity index (χ4n) is 3.03. The Hall–Kier alpha value is -2.64. The summed E-state index contributed by atoms with van der Waals surface area (Å²) in [5.74, 6) is 0.385. The van der Waals surface area contributed by atoms with Crippen LogP contribution in [0, 0.1) is 5.92 Å². The number of pyridine rings is 1. The standard InChI is InChI=1S/C18H24N4O4/c1-5-22-9-14-12(18(22)24)6-11(17(20-14)25-4)8-19-16(23)15-7-13(10(2)3)21-26-15/h6,10,15H,5,7-9H2,1-4H3,(H,19,23). The number of fused-ring (bicyclic) bond motifs is 1. The predicted molar refractivity (Wildman–Crippen MR) is 94.8 cm³/mol. The molecule has 0 aliphatic carbocycles. The molecule has 26 heavy (non-hydrogen) atoms. The van der Waals surface area contributed by atoms with Crippen LogP contribution in [0.25, 0.3) is 0 Å². The van der Waals surface area contributed by atoms with Crippen LogP contribution >= 0.6 is 0 Å². The van der Waals surface area contributed by atoms with E-state index in [-0.39, 0.29) is 24.3 Å². The van der Waals surface area contributed by atoms with Gasteiger partial charge in [0.1, 0.15) is 0 Å². The van der Waals surface area contributed by atoms with E-state index in [0.717, 1.165) is 5.71 Å². The Balaban J connectivity index is 1.68. The molecule has 2 aliphatic heterocycles. The van der Waals surface area contributed by atoms with Gasteiger partial charge in [0, 0.05) is 25.1 Å². The second kappa shape index (κ2) is 7.31. The van der Waals surface area contributed by atoms with Gasteiger partial charge in [-0.2, -0.15) is 0 Å². The van der Waals surface area contributed by atoms with Gasteiger partial charge in [0.2, 0.25) is 12.0 Å². The summed E-state index contributed by atoms with van der Waals surface area (Å²) in [5, 5.41) is 6.79. The van der Waals surface area contributed by atoms with Crippen molar-refractivity contribution >= 4 is 17.5 Å². The molecule has 0 saturated heterocycles. The largest absolute Gasteiger partial charge is 0.481 e.